The van der Waals surface area contributed by atoms with Crippen molar-refractivity contribution < 1.29 is 0 Å². The summed E-state index contributed by atoms with van der Waals surface area (Å²) >= 11 is 0. The van der Waals surface area contributed by atoms with E-state index in [1.54, 1.807) is 0 Å². The van der Waals surface area contributed by atoms with Crippen molar-refractivity contribution in [2.24, 2.45) is 0 Å². The molecule has 0 N–H and O–H groups in total. The molecule has 5 nitrogen and oxygen atoms in total. The van der Waals surface area contributed by atoms with Gasteiger partial charge in [0.2, 0.25) is 0 Å². The Morgan fingerprint density at radius 2 is 1.92 bits per heavy atom. The second-order valence-corrected chi connectivity index (χ2v) is 6.29. The summed E-state index contributed by atoms with van der Waals surface area (Å²) in [6.45, 7) is 3.99. The Hall–Kier alpha value is -2.40. The van der Waals surface area contributed by atoms with Crippen molar-refractivity contribution in [1.82, 2.24) is 24.2 Å². The predicted octanol–water partition coefficient (Wildman–Crippen LogP) is 3.31. The van der Waals surface area contributed by atoms with E-state index >= 15 is 0 Å². The fourth-order valence-electron chi connectivity index (χ4n) is 2.97. The van der Waals surface area contributed by atoms with Crippen LogP contribution in [0, 0.1) is 0 Å². The van der Waals surface area contributed by atoms with E-state index in [2.05, 4.69) is 77.1 Å². The monoisotopic (exact) mass is 323 g/mol. The number of rotatable bonds is 7. The molecule has 0 bridgehead atoms. The Labute approximate surface area is 143 Å². The molecule has 0 fully saturated rings. The smallest absolute Gasteiger partial charge is 0.0956 e. The summed E-state index contributed by atoms with van der Waals surface area (Å²) in [5.41, 5.74) is 3.53. The molecule has 0 spiro atoms. The highest BCUT2D eigenvalue weighted by Crippen LogP contribution is 2.28. The molecule has 0 amide bonds. The summed E-state index contributed by atoms with van der Waals surface area (Å²) in [4.78, 5) is 6.64. The lowest BCUT2D eigenvalue weighted by molar-refractivity contribution is 0.367. The quantitative estimate of drug-likeness (QED) is 0.669. The van der Waals surface area contributed by atoms with Gasteiger partial charge in [-0.15, -0.1) is 0 Å². The van der Waals surface area contributed by atoms with Gasteiger partial charge in [0.25, 0.3) is 0 Å². The third-order valence-electron chi connectivity index (χ3n) is 4.29. The molecule has 2 heterocycles. The zero-order chi connectivity index (χ0) is 16.9. The Bertz CT molecular complexity index is 757. The van der Waals surface area contributed by atoms with Gasteiger partial charge in [0.15, 0.2) is 0 Å². The highest BCUT2D eigenvalue weighted by molar-refractivity contribution is 5.57. The maximum atomic E-state index is 4.42. The first-order valence-corrected chi connectivity index (χ1v) is 8.43. The number of aryl methyl sites for hydroxylation is 1. The van der Waals surface area contributed by atoms with Gasteiger partial charge in [0.1, 0.15) is 0 Å². The third-order valence-corrected chi connectivity index (χ3v) is 4.29. The van der Waals surface area contributed by atoms with Crippen molar-refractivity contribution in [2.75, 3.05) is 20.6 Å². The second kappa shape index (κ2) is 7.45. The van der Waals surface area contributed by atoms with Gasteiger partial charge in [0, 0.05) is 18.3 Å². The zero-order valence-corrected chi connectivity index (χ0v) is 14.6. The van der Waals surface area contributed by atoms with Crippen LogP contribution in [-0.4, -0.2) is 44.9 Å². The number of nitrogens with zero attached hydrogens (tertiary/aromatic N) is 5. The van der Waals surface area contributed by atoms with E-state index in [4.69, 9.17) is 0 Å². The van der Waals surface area contributed by atoms with Crippen LogP contribution in [0.3, 0.4) is 0 Å². The zero-order valence-electron chi connectivity index (χ0n) is 14.6. The average Bonchev–Trinajstić information content (AvgIpc) is 3.24. The lowest BCUT2D eigenvalue weighted by Crippen LogP contribution is -2.20. The van der Waals surface area contributed by atoms with E-state index in [1.807, 2.05) is 23.4 Å². The SMILES string of the molecule is CCn1cc(-c2cncn2C(CCN(C)C)c2ccccc2)cn1. The summed E-state index contributed by atoms with van der Waals surface area (Å²) in [7, 11) is 4.23. The number of hydrogen-bond acceptors (Lipinski definition) is 3. The predicted molar refractivity (Wildman–Crippen MR) is 96.9 cm³/mol. The van der Waals surface area contributed by atoms with Crippen LogP contribution < -0.4 is 0 Å². The van der Waals surface area contributed by atoms with Crippen molar-refractivity contribution in [2.45, 2.75) is 25.9 Å². The Balaban J connectivity index is 1.97. The summed E-state index contributed by atoms with van der Waals surface area (Å²) in [5.74, 6) is 0. The van der Waals surface area contributed by atoms with Gasteiger partial charge in [-0.1, -0.05) is 30.3 Å². The fourth-order valence-corrected chi connectivity index (χ4v) is 2.97. The highest BCUT2D eigenvalue weighted by Gasteiger charge is 2.18. The van der Waals surface area contributed by atoms with Gasteiger partial charge >= 0.3 is 0 Å². The Morgan fingerprint density at radius 3 is 2.58 bits per heavy atom. The minimum atomic E-state index is 0.260. The highest BCUT2D eigenvalue weighted by atomic mass is 15.3. The first-order valence-electron chi connectivity index (χ1n) is 8.43. The van der Waals surface area contributed by atoms with Crippen LogP contribution in [0.2, 0.25) is 0 Å². The van der Waals surface area contributed by atoms with E-state index in [0.29, 0.717) is 0 Å². The summed E-state index contributed by atoms with van der Waals surface area (Å²) < 4.78 is 4.22. The molecule has 2 aromatic heterocycles. The lowest BCUT2D eigenvalue weighted by Gasteiger charge is -2.23. The average molecular weight is 323 g/mol. The largest absolute Gasteiger partial charge is 0.323 e. The molecule has 0 aliphatic heterocycles. The molecule has 0 saturated carbocycles. The van der Waals surface area contributed by atoms with Crippen LogP contribution in [-0.2, 0) is 6.54 Å². The van der Waals surface area contributed by atoms with Crippen LogP contribution in [0.4, 0.5) is 0 Å². The maximum Gasteiger partial charge on any atom is 0.0956 e. The Kier molecular flexibility index (Phi) is 5.11. The summed E-state index contributed by atoms with van der Waals surface area (Å²) in [5, 5.41) is 4.41. The molecule has 126 valence electrons. The van der Waals surface area contributed by atoms with E-state index in [0.717, 1.165) is 30.8 Å². The van der Waals surface area contributed by atoms with Crippen molar-refractivity contribution >= 4 is 0 Å². The third kappa shape index (κ3) is 3.57. The number of benzene rings is 1. The van der Waals surface area contributed by atoms with Gasteiger partial charge in [-0.3, -0.25) is 4.68 Å². The van der Waals surface area contributed by atoms with Gasteiger partial charge in [-0.05, 0) is 39.5 Å². The van der Waals surface area contributed by atoms with Gasteiger partial charge in [-0.25, -0.2) is 4.98 Å². The molecule has 5 heteroatoms. The Morgan fingerprint density at radius 1 is 1.12 bits per heavy atom. The molecule has 1 unspecified atom stereocenters. The summed E-state index contributed by atoms with van der Waals surface area (Å²) in [6.07, 6.45) is 8.91. The molecule has 3 rings (SSSR count). The second-order valence-electron chi connectivity index (χ2n) is 6.29. The fraction of sp³-hybridized carbons (Fsp3) is 0.368. The molecule has 0 aliphatic rings. The van der Waals surface area contributed by atoms with E-state index in [1.165, 1.54) is 5.56 Å². The van der Waals surface area contributed by atoms with E-state index in [9.17, 15) is 0 Å². The molecule has 1 atom stereocenters. The first-order chi connectivity index (χ1) is 11.7. The van der Waals surface area contributed by atoms with Crippen molar-refractivity contribution in [3.63, 3.8) is 0 Å². The van der Waals surface area contributed by atoms with Crippen LogP contribution in [0.5, 0.6) is 0 Å². The molecule has 0 saturated heterocycles. The molecule has 0 aliphatic carbocycles. The number of imidazole rings is 1. The minimum absolute atomic E-state index is 0.260. The normalized spacial score (nSPS) is 12.7. The van der Waals surface area contributed by atoms with Gasteiger partial charge in [0.05, 0.1) is 30.5 Å². The van der Waals surface area contributed by atoms with Crippen LogP contribution in [0.1, 0.15) is 24.9 Å². The van der Waals surface area contributed by atoms with Crippen LogP contribution >= 0.6 is 0 Å². The first kappa shape index (κ1) is 16.5. The standard InChI is InChI=1S/C19H25N5/c1-4-23-14-17(12-21-23)19-13-20-15-24(19)18(10-11-22(2)3)16-8-6-5-7-9-16/h5-9,12-15,18H,4,10-11H2,1-3H3. The van der Waals surface area contributed by atoms with Crippen molar-refractivity contribution in [1.29, 1.82) is 0 Å². The lowest BCUT2D eigenvalue weighted by atomic mass is 10.0. The number of hydrogen-bond donors (Lipinski definition) is 0. The molecule has 0 radical (unpaired) electrons. The van der Waals surface area contributed by atoms with Crippen LogP contribution in [0.25, 0.3) is 11.3 Å². The molecular formula is C19H25N5. The molecule has 24 heavy (non-hydrogen) atoms. The maximum absolute atomic E-state index is 4.42. The topological polar surface area (TPSA) is 38.9 Å². The van der Waals surface area contributed by atoms with Crippen LogP contribution in [0.15, 0.2) is 55.2 Å². The van der Waals surface area contributed by atoms with Gasteiger partial charge < -0.3 is 9.47 Å². The summed E-state index contributed by atoms with van der Waals surface area (Å²) in [6, 6.07) is 10.9. The molecule has 3 aromatic rings. The molecule has 1 aromatic carbocycles. The van der Waals surface area contributed by atoms with E-state index < -0.39 is 0 Å². The van der Waals surface area contributed by atoms with E-state index in [-0.39, 0.29) is 6.04 Å². The minimum Gasteiger partial charge on any atom is -0.323 e. The van der Waals surface area contributed by atoms with Crippen molar-refractivity contribution in [3.05, 3.63) is 60.8 Å². The van der Waals surface area contributed by atoms with Crippen molar-refractivity contribution in [3.8, 4) is 11.3 Å². The number of aromatic nitrogens is 4. The van der Waals surface area contributed by atoms with Gasteiger partial charge in [-0.2, -0.15) is 5.10 Å². The molecular weight excluding hydrogens is 298 g/mol.